The van der Waals surface area contributed by atoms with Crippen LogP contribution in [-0.2, 0) is 16.6 Å². The fourth-order valence-corrected chi connectivity index (χ4v) is 3.73. The van der Waals surface area contributed by atoms with Gasteiger partial charge in [0.2, 0.25) is 15.8 Å². The predicted molar refractivity (Wildman–Crippen MR) is 116 cm³/mol. The quantitative estimate of drug-likeness (QED) is 0.578. The molecule has 0 radical (unpaired) electrons. The molecule has 0 aliphatic heterocycles. The van der Waals surface area contributed by atoms with Crippen molar-refractivity contribution < 1.29 is 27.4 Å². The summed E-state index contributed by atoms with van der Waals surface area (Å²) in [5.74, 6) is 1.16. The lowest BCUT2D eigenvalue weighted by Gasteiger charge is -2.20. The highest BCUT2D eigenvalue weighted by molar-refractivity contribution is 7.92. The largest absolute Gasteiger partial charge is 0.493 e. The van der Waals surface area contributed by atoms with Crippen LogP contribution in [0.15, 0.2) is 49.1 Å². The zero-order valence-electron chi connectivity index (χ0n) is 17.5. The molecule has 8 nitrogen and oxygen atoms in total. The number of nitrogens with one attached hydrogen (secondary N) is 1. The van der Waals surface area contributed by atoms with Crippen LogP contribution in [0.25, 0.3) is 0 Å². The first-order valence-electron chi connectivity index (χ1n) is 9.00. The molecule has 0 heterocycles. The Morgan fingerprint density at radius 1 is 1.07 bits per heavy atom. The number of hydrogen-bond acceptors (Lipinski definition) is 6. The molecule has 0 aliphatic rings. The highest BCUT2D eigenvalue weighted by atomic mass is 32.2. The average Bonchev–Trinajstić information content (AvgIpc) is 2.74. The topological polar surface area (TPSA) is 94.2 Å². The van der Waals surface area contributed by atoms with Crippen LogP contribution in [-0.4, -0.2) is 48.5 Å². The third kappa shape index (κ3) is 5.44. The maximum absolute atomic E-state index is 12.5. The van der Waals surface area contributed by atoms with Crippen LogP contribution >= 0.6 is 0 Å². The first-order chi connectivity index (χ1) is 14.2. The number of sulfonamides is 1. The van der Waals surface area contributed by atoms with E-state index < -0.39 is 10.0 Å². The van der Waals surface area contributed by atoms with Gasteiger partial charge in [-0.15, -0.1) is 6.58 Å². The number of nitrogens with zero attached hydrogens (tertiary/aromatic N) is 1. The molecule has 0 fully saturated rings. The maximum Gasteiger partial charge on any atom is 0.251 e. The first kappa shape index (κ1) is 23.1. The molecule has 0 bridgehead atoms. The van der Waals surface area contributed by atoms with Crippen molar-refractivity contribution in [2.75, 3.05) is 38.4 Å². The third-order valence-corrected chi connectivity index (χ3v) is 5.45. The van der Waals surface area contributed by atoms with E-state index in [1.807, 2.05) is 0 Å². The minimum Gasteiger partial charge on any atom is -0.493 e. The van der Waals surface area contributed by atoms with Gasteiger partial charge in [-0.25, -0.2) is 8.42 Å². The summed E-state index contributed by atoms with van der Waals surface area (Å²) in [5, 5.41) is 2.82. The highest BCUT2D eigenvalue weighted by Gasteiger charge is 2.17. The number of anilines is 1. The second kappa shape index (κ2) is 10.0. The molecule has 162 valence electrons. The van der Waals surface area contributed by atoms with Gasteiger partial charge in [-0.2, -0.15) is 0 Å². The second-order valence-corrected chi connectivity index (χ2v) is 8.25. The Morgan fingerprint density at radius 3 is 2.07 bits per heavy atom. The standard InChI is InChI=1S/C21H26N2O6S/c1-6-11-23(30(5,25)26)17-9-7-16(8-10-17)21(24)22-14-15-12-18(27-2)20(29-4)19(13-15)28-3/h6-10,12-13H,1,11,14H2,2-5H3,(H,22,24). The van der Waals surface area contributed by atoms with Crippen LogP contribution in [0.5, 0.6) is 17.2 Å². The number of amides is 1. The zero-order valence-corrected chi connectivity index (χ0v) is 18.3. The van der Waals surface area contributed by atoms with Gasteiger partial charge in [0.25, 0.3) is 5.91 Å². The summed E-state index contributed by atoms with van der Waals surface area (Å²) in [7, 11) is 1.11. The normalized spacial score (nSPS) is 10.8. The third-order valence-electron chi connectivity index (χ3n) is 4.29. The Hall–Kier alpha value is -3.20. The van der Waals surface area contributed by atoms with Gasteiger partial charge in [0.05, 0.1) is 39.8 Å². The molecule has 0 unspecified atom stereocenters. The minimum absolute atomic E-state index is 0.144. The summed E-state index contributed by atoms with van der Waals surface area (Å²) in [4.78, 5) is 12.5. The minimum atomic E-state index is -3.45. The molecule has 0 spiro atoms. The Labute approximate surface area is 177 Å². The summed E-state index contributed by atoms with van der Waals surface area (Å²) >= 11 is 0. The Balaban J connectivity index is 2.15. The van der Waals surface area contributed by atoms with E-state index in [0.29, 0.717) is 28.5 Å². The van der Waals surface area contributed by atoms with Crippen molar-refractivity contribution in [3.63, 3.8) is 0 Å². The smallest absolute Gasteiger partial charge is 0.251 e. The monoisotopic (exact) mass is 434 g/mol. The van der Waals surface area contributed by atoms with Crippen molar-refractivity contribution in [1.29, 1.82) is 0 Å². The molecule has 0 aromatic heterocycles. The van der Waals surface area contributed by atoms with Gasteiger partial charge in [0, 0.05) is 12.1 Å². The van der Waals surface area contributed by atoms with E-state index in [-0.39, 0.29) is 19.0 Å². The fraction of sp³-hybridized carbons (Fsp3) is 0.286. The lowest BCUT2D eigenvalue weighted by molar-refractivity contribution is 0.0951. The SMILES string of the molecule is C=CCN(c1ccc(C(=O)NCc2cc(OC)c(OC)c(OC)c2)cc1)S(C)(=O)=O. The molecule has 0 aliphatic carbocycles. The molecule has 0 saturated heterocycles. The summed E-state index contributed by atoms with van der Waals surface area (Å²) in [6.45, 7) is 3.96. The van der Waals surface area contributed by atoms with Gasteiger partial charge < -0.3 is 19.5 Å². The lowest BCUT2D eigenvalue weighted by atomic mass is 10.1. The zero-order chi connectivity index (χ0) is 22.3. The molecule has 9 heteroatoms. The molecule has 2 aromatic rings. The van der Waals surface area contributed by atoms with Gasteiger partial charge in [-0.1, -0.05) is 6.08 Å². The number of benzene rings is 2. The van der Waals surface area contributed by atoms with Crippen LogP contribution in [0.2, 0.25) is 0 Å². The second-order valence-electron chi connectivity index (χ2n) is 6.35. The number of hydrogen-bond donors (Lipinski definition) is 1. The van der Waals surface area contributed by atoms with E-state index in [9.17, 15) is 13.2 Å². The van der Waals surface area contributed by atoms with Gasteiger partial charge in [0.1, 0.15) is 0 Å². The van der Waals surface area contributed by atoms with Crippen molar-refractivity contribution in [3.8, 4) is 17.2 Å². The Morgan fingerprint density at radius 2 is 1.63 bits per heavy atom. The Kier molecular flexibility index (Phi) is 7.71. The van der Waals surface area contributed by atoms with Gasteiger partial charge in [-0.05, 0) is 42.0 Å². The molecule has 1 amide bonds. The van der Waals surface area contributed by atoms with Crippen molar-refractivity contribution in [3.05, 3.63) is 60.2 Å². The average molecular weight is 435 g/mol. The number of ether oxygens (including phenoxy) is 3. The summed E-state index contributed by atoms with van der Waals surface area (Å²) in [5.41, 5.74) is 1.63. The predicted octanol–water partition coefficient (Wildman–Crippen LogP) is 2.59. The summed E-state index contributed by atoms with van der Waals surface area (Å²) in [6, 6.07) is 9.81. The van der Waals surface area contributed by atoms with Crippen molar-refractivity contribution in [2.45, 2.75) is 6.54 Å². The molecule has 0 saturated carbocycles. The van der Waals surface area contributed by atoms with Crippen molar-refractivity contribution in [1.82, 2.24) is 5.32 Å². The van der Waals surface area contributed by atoms with E-state index >= 15 is 0 Å². The molecule has 2 aromatic carbocycles. The van der Waals surface area contributed by atoms with Gasteiger partial charge in [-0.3, -0.25) is 9.10 Å². The van der Waals surface area contributed by atoms with E-state index in [1.54, 1.807) is 36.4 Å². The van der Waals surface area contributed by atoms with Crippen molar-refractivity contribution >= 4 is 21.6 Å². The molecule has 1 N–H and O–H groups in total. The molecular weight excluding hydrogens is 408 g/mol. The number of carbonyl (C=O) groups excluding carboxylic acids is 1. The number of methoxy groups -OCH3 is 3. The lowest BCUT2D eigenvalue weighted by Crippen LogP contribution is -2.30. The fourth-order valence-electron chi connectivity index (χ4n) is 2.85. The molecule has 30 heavy (non-hydrogen) atoms. The Bertz CT molecular complexity index is 978. The van der Waals surface area contributed by atoms with E-state index in [1.165, 1.54) is 31.7 Å². The van der Waals surface area contributed by atoms with E-state index in [0.717, 1.165) is 11.8 Å². The van der Waals surface area contributed by atoms with Crippen LogP contribution in [0.1, 0.15) is 15.9 Å². The van der Waals surface area contributed by atoms with Crippen LogP contribution in [0, 0.1) is 0 Å². The van der Waals surface area contributed by atoms with Crippen LogP contribution < -0.4 is 23.8 Å². The molecule has 2 rings (SSSR count). The highest BCUT2D eigenvalue weighted by Crippen LogP contribution is 2.38. The summed E-state index contributed by atoms with van der Waals surface area (Å²) in [6.07, 6.45) is 2.62. The molecular formula is C21H26N2O6S. The molecule has 0 atom stereocenters. The van der Waals surface area contributed by atoms with Gasteiger partial charge >= 0.3 is 0 Å². The van der Waals surface area contributed by atoms with Crippen LogP contribution in [0.4, 0.5) is 5.69 Å². The van der Waals surface area contributed by atoms with E-state index in [2.05, 4.69) is 11.9 Å². The van der Waals surface area contributed by atoms with Crippen LogP contribution in [0.3, 0.4) is 0 Å². The van der Waals surface area contributed by atoms with Gasteiger partial charge in [0.15, 0.2) is 11.5 Å². The van der Waals surface area contributed by atoms with Crippen molar-refractivity contribution in [2.24, 2.45) is 0 Å². The maximum atomic E-state index is 12.5. The summed E-state index contributed by atoms with van der Waals surface area (Å²) < 4.78 is 41.0. The number of carbonyl (C=O) groups is 1. The van der Waals surface area contributed by atoms with E-state index in [4.69, 9.17) is 14.2 Å². The first-order valence-corrected chi connectivity index (χ1v) is 10.9. The number of rotatable bonds is 10.